The van der Waals surface area contributed by atoms with Crippen molar-refractivity contribution in [1.82, 2.24) is 10.3 Å². The van der Waals surface area contributed by atoms with Gasteiger partial charge in [-0.05, 0) is 53.2 Å². The Labute approximate surface area is 119 Å². The predicted octanol–water partition coefficient (Wildman–Crippen LogP) is 3.97. The van der Waals surface area contributed by atoms with E-state index in [0.29, 0.717) is 12.1 Å². The van der Waals surface area contributed by atoms with E-state index in [2.05, 4.69) is 26.2 Å². The van der Waals surface area contributed by atoms with E-state index in [0.717, 1.165) is 22.4 Å². The number of pyridine rings is 1. The highest BCUT2D eigenvalue weighted by Gasteiger charge is 2.11. The molecule has 0 amide bonds. The second kappa shape index (κ2) is 6.21. The van der Waals surface area contributed by atoms with Crippen LogP contribution in [0.1, 0.15) is 24.2 Å². The van der Waals surface area contributed by atoms with Gasteiger partial charge in [-0.3, -0.25) is 0 Å². The van der Waals surface area contributed by atoms with Crippen molar-refractivity contribution in [3.05, 3.63) is 63.9 Å². The van der Waals surface area contributed by atoms with Gasteiger partial charge >= 0.3 is 0 Å². The van der Waals surface area contributed by atoms with Gasteiger partial charge in [0.25, 0.3) is 0 Å². The second-order valence-electron chi connectivity index (χ2n) is 4.22. The number of nitrogens with zero attached hydrogens (tertiary/aromatic N) is 1. The monoisotopic (exact) mass is 326 g/mol. The molecule has 0 aliphatic rings. The average molecular weight is 327 g/mol. The van der Waals surface area contributed by atoms with Crippen LogP contribution in [0.4, 0.5) is 8.78 Å². The van der Waals surface area contributed by atoms with E-state index in [1.54, 1.807) is 6.92 Å². The predicted molar refractivity (Wildman–Crippen MR) is 73.5 cm³/mol. The molecule has 2 rings (SSSR count). The Kier molecular flexibility index (Phi) is 4.61. The Hall–Kier alpha value is -1.33. The van der Waals surface area contributed by atoms with Gasteiger partial charge in [-0.2, -0.15) is 0 Å². The maximum atomic E-state index is 13.6. The SMILES string of the molecule is CC(NCc1cccc(Br)n1)c1cc(F)ccc1F. The van der Waals surface area contributed by atoms with Gasteiger partial charge in [0.15, 0.2) is 0 Å². The van der Waals surface area contributed by atoms with Crippen molar-refractivity contribution in [1.29, 1.82) is 0 Å². The lowest BCUT2D eigenvalue weighted by Gasteiger charge is -2.15. The van der Waals surface area contributed by atoms with Gasteiger partial charge in [0.2, 0.25) is 0 Å². The lowest BCUT2D eigenvalue weighted by atomic mass is 10.1. The standard InChI is InChI=1S/C14H13BrF2N2/c1-9(12-7-10(16)5-6-13(12)17)18-8-11-3-2-4-14(15)19-11/h2-7,9,18H,8H2,1H3. The van der Waals surface area contributed by atoms with Gasteiger partial charge in [-0.25, -0.2) is 13.8 Å². The Bertz CT molecular complexity index is 575. The minimum absolute atomic E-state index is 0.295. The lowest BCUT2D eigenvalue weighted by molar-refractivity contribution is 0.515. The molecule has 100 valence electrons. The van der Waals surface area contributed by atoms with Crippen LogP contribution in [0.25, 0.3) is 0 Å². The van der Waals surface area contributed by atoms with Crippen LogP contribution in [-0.4, -0.2) is 4.98 Å². The Morgan fingerprint density at radius 3 is 2.79 bits per heavy atom. The third kappa shape index (κ3) is 3.81. The summed E-state index contributed by atoms with van der Waals surface area (Å²) < 4.78 is 27.4. The number of hydrogen-bond donors (Lipinski definition) is 1. The molecule has 1 heterocycles. The van der Waals surface area contributed by atoms with Crippen LogP contribution in [0.2, 0.25) is 0 Å². The van der Waals surface area contributed by atoms with E-state index < -0.39 is 11.6 Å². The van der Waals surface area contributed by atoms with Crippen molar-refractivity contribution in [2.45, 2.75) is 19.5 Å². The van der Waals surface area contributed by atoms with Crippen LogP contribution >= 0.6 is 15.9 Å². The molecule has 0 saturated heterocycles. The van der Waals surface area contributed by atoms with Gasteiger partial charge in [0.1, 0.15) is 16.2 Å². The first-order valence-electron chi connectivity index (χ1n) is 5.86. The smallest absolute Gasteiger partial charge is 0.128 e. The summed E-state index contributed by atoms with van der Waals surface area (Å²) in [5.74, 6) is -0.853. The third-order valence-electron chi connectivity index (χ3n) is 2.79. The summed E-state index contributed by atoms with van der Waals surface area (Å²) in [5.41, 5.74) is 1.15. The Morgan fingerprint density at radius 1 is 1.26 bits per heavy atom. The first kappa shape index (κ1) is 14.1. The molecule has 5 heteroatoms. The maximum Gasteiger partial charge on any atom is 0.128 e. The number of nitrogens with one attached hydrogen (secondary N) is 1. The molecule has 0 bridgehead atoms. The average Bonchev–Trinajstić information content (AvgIpc) is 2.39. The molecular weight excluding hydrogens is 314 g/mol. The van der Waals surface area contributed by atoms with Crippen LogP contribution < -0.4 is 5.32 Å². The molecule has 0 spiro atoms. The van der Waals surface area contributed by atoms with E-state index in [4.69, 9.17) is 0 Å². The van der Waals surface area contributed by atoms with Crippen molar-refractivity contribution in [2.75, 3.05) is 0 Å². The van der Waals surface area contributed by atoms with Gasteiger partial charge < -0.3 is 5.32 Å². The van der Waals surface area contributed by atoms with Crippen molar-refractivity contribution < 1.29 is 8.78 Å². The van der Waals surface area contributed by atoms with E-state index in [1.165, 1.54) is 6.07 Å². The summed E-state index contributed by atoms with van der Waals surface area (Å²) in [4.78, 5) is 4.27. The molecule has 19 heavy (non-hydrogen) atoms. The Morgan fingerprint density at radius 2 is 2.05 bits per heavy atom. The van der Waals surface area contributed by atoms with Crippen molar-refractivity contribution in [2.24, 2.45) is 0 Å². The van der Waals surface area contributed by atoms with E-state index >= 15 is 0 Å². The fourth-order valence-corrected chi connectivity index (χ4v) is 2.14. The molecule has 0 radical (unpaired) electrons. The molecule has 2 aromatic rings. The zero-order valence-electron chi connectivity index (χ0n) is 10.3. The van der Waals surface area contributed by atoms with E-state index in [9.17, 15) is 8.78 Å². The van der Waals surface area contributed by atoms with Gasteiger partial charge in [-0.15, -0.1) is 0 Å². The number of benzene rings is 1. The molecular formula is C14H13BrF2N2. The molecule has 0 aliphatic heterocycles. The van der Waals surface area contributed by atoms with E-state index in [1.807, 2.05) is 18.2 Å². The summed E-state index contributed by atoms with van der Waals surface area (Å²) in [7, 11) is 0. The summed E-state index contributed by atoms with van der Waals surface area (Å²) in [6.45, 7) is 2.27. The van der Waals surface area contributed by atoms with Gasteiger partial charge in [0, 0.05) is 18.2 Å². The summed E-state index contributed by atoms with van der Waals surface area (Å²) in [5, 5.41) is 3.12. The summed E-state index contributed by atoms with van der Waals surface area (Å²) in [6.07, 6.45) is 0. The maximum absolute atomic E-state index is 13.6. The highest BCUT2D eigenvalue weighted by atomic mass is 79.9. The molecule has 1 unspecified atom stereocenters. The van der Waals surface area contributed by atoms with Crippen LogP contribution in [0, 0.1) is 11.6 Å². The van der Waals surface area contributed by atoms with E-state index in [-0.39, 0.29) is 6.04 Å². The van der Waals surface area contributed by atoms with Crippen molar-refractivity contribution >= 4 is 15.9 Å². The largest absolute Gasteiger partial charge is 0.304 e. The normalized spacial score (nSPS) is 12.4. The van der Waals surface area contributed by atoms with Gasteiger partial charge in [0.05, 0.1) is 5.69 Å². The highest BCUT2D eigenvalue weighted by molar-refractivity contribution is 9.10. The second-order valence-corrected chi connectivity index (χ2v) is 5.03. The first-order valence-corrected chi connectivity index (χ1v) is 6.65. The molecule has 1 aromatic heterocycles. The molecule has 1 N–H and O–H groups in total. The molecule has 1 atom stereocenters. The highest BCUT2D eigenvalue weighted by Crippen LogP contribution is 2.18. The fraction of sp³-hybridized carbons (Fsp3) is 0.214. The number of aromatic nitrogens is 1. The third-order valence-corrected chi connectivity index (χ3v) is 3.23. The van der Waals surface area contributed by atoms with Crippen LogP contribution in [-0.2, 0) is 6.54 Å². The van der Waals surface area contributed by atoms with Crippen LogP contribution in [0.3, 0.4) is 0 Å². The number of rotatable bonds is 4. The summed E-state index contributed by atoms with van der Waals surface area (Å²) in [6, 6.07) is 8.74. The minimum atomic E-state index is -0.439. The molecule has 0 saturated carbocycles. The zero-order chi connectivity index (χ0) is 13.8. The number of hydrogen-bond acceptors (Lipinski definition) is 2. The zero-order valence-corrected chi connectivity index (χ0v) is 11.9. The van der Waals surface area contributed by atoms with Crippen molar-refractivity contribution in [3.63, 3.8) is 0 Å². The molecule has 2 nitrogen and oxygen atoms in total. The first-order chi connectivity index (χ1) is 9.06. The quantitative estimate of drug-likeness (QED) is 0.860. The molecule has 0 fully saturated rings. The number of halogens is 3. The Balaban J connectivity index is 2.05. The minimum Gasteiger partial charge on any atom is -0.304 e. The topological polar surface area (TPSA) is 24.9 Å². The fourth-order valence-electron chi connectivity index (χ4n) is 1.76. The van der Waals surface area contributed by atoms with Crippen molar-refractivity contribution in [3.8, 4) is 0 Å². The summed E-state index contributed by atoms with van der Waals surface area (Å²) >= 11 is 3.29. The molecule has 1 aromatic carbocycles. The lowest BCUT2D eigenvalue weighted by Crippen LogP contribution is -2.20. The molecule has 0 aliphatic carbocycles. The van der Waals surface area contributed by atoms with Crippen LogP contribution in [0.5, 0.6) is 0 Å². The van der Waals surface area contributed by atoms with Crippen LogP contribution in [0.15, 0.2) is 41.0 Å². The van der Waals surface area contributed by atoms with Gasteiger partial charge in [-0.1, -0.05) is 6.07 Å².